The fraction of sp³-hybridized carbons (Fsp3) is 0.412. The van der Waals surface area contributed by atoms with E-state index in [9.17, 15) is 4.79 Å². The predicted molar refractivity (Wildman–Crippen MR) is 85.1 cm³/mol. The molecule has 1 heterocycles. The van der Waals surface area contributed by atoms with Crippen LogP contribution in [0.3, 0.4) is 0 Å². The van der Waals surface area contributed by atoms with E-state index in [2.05, 4.69) is 11.9 Å². The smallest absolute Gasteiger partial charge is 0.254 e. The van der Waals surface area contributed by atoms with Gasteiger partial charge in [-0.25, -0.2) is 4.98 Å². The van der Waals surface area contributed by atoms with Crippen molar-refractivity contribution in [3.8, 4) is 0 Å². The van der Waals surface area contributed by atoms with Gasteiger partial charge in [0.15, 0.2) is 0 Å². The Morgan fingerprint density at radius 3 is 2.86 bits per heavy atom. The van der Waals surface area contributed by atoms with E-state index in [-0.39, 0.29) is 5.91 Å². The molecule has 1 aliphatic carbocycles. The molecule has 4 nitrogen and oxygen atoms in total. The molecule has 0 atom stereocenters. The lowest BCUT2D eigenvalue weighted by Gasteiger charge is -2.23. The third kappa shape index (κ3) is 2.99. The number of nitrogen functional groups attached to an aromatic ring is 1. The van der Waals surface area contributed by atoms with E-state index in [1.54, 1.807) is 6.07 Å². The highest BCUT2D eigenvalue weighted by Crippen LogP contribution is 2.31. The van der Waals surface area contributed by atoms with Crippen LogP contribution < -0.4 is 5.73 Å². The Morgan fingerprint density at radius 1 is 1.38 bits per heavy atom. The number of benzene rings is 1. The second-order valence-corrected chi connectivity index (χ2v) is 5.81. The second kappa shape index (κ2) is 5.72. The number of carbonyl (C=O) groups is 1. The number of hydrogen-bond donors (Lipinski definition) is 1. The highest BCUT2D eigenvalue weighted by molar-refractivity contribution is 6.06. The predicted octanol–water partition coefficient (Wildman–Crippen LogP) is 3.08. The van der Waals surface area contributed by atoms with E-state index in [4.69, 9.17) is 5.73 Å². The van der Waals surface area contributed by atoms with E-state index in [0.717, 1.165) is 30.4 Å². The van der Waals surface area contributed by atoms with E-state index in [0.29, 0.717) is 17.3 Å². The summed E-state index contributed by atoms with van der Waals surface area (Å²) in [4.78, 5) is 19.2. The van der Waals surface area contributed by atoms with Gasteiger partial charge in [-0.05, 0) is 37.3 Å². The van der Waals surface area contributed by atoms with Gasteiger partial charge in [0.1, 0.15) is 5.82 Å². The van der Waals surface area contributed by atoms with Gasteiger partial charge < -0.3 is 10.6 Å². The van der Waals surface area contributed by atoms with Gasteiger partial charge in [-0.1, -0.05) is 25.1 Å². The van der Waals surface area contributed by atoms with Crippen LogP contribution in [0.15, 0.2) is 30.3 Å². The summed E-state index contributed by atoms with van der Waals surface area (Å²) >= 11 is 0. The summed E-state index contributed by atoms with van der Waals surface area (Å²) in [5.74, 6) is 1.17. The molecule has 2 aromatic rings. The van der Waals surface area contributed by atoms with Gasteiger partial charge in [-0.15, -0.1) is 0 Å². The second-order valence-electron chi connectivity index (χ2n) is 5.81. The number of nitrogens with two attached hydrogens (primary N) is 1. The molecule has 1 saturated carbocycles. The van der Waals surface area contributed by atoms with Crippen molar-refractivity contribution in [2.45, 2.75) is 26.2 Å². The first kappa shape index (κ1) is 13.9. The Bertz CT molecular complexity index is 664. The normalized spacial score (nSPS) is 14.3. The average Bonchev–Trinajstić information content (AvgIpc) is 3.29. The van der Waals surface area contributed by atoms with Crippen molar-refractivity contribution in [3.05, 3.63) is 35.9 Å². The molecular weight excluding hydrogens is 262 g/mol. The highest BCUT2D eigenvalue weighted by atomic mass is 16.2. The topological polar surface area (TPSA) is 59.2 Å². The minimum absolute atomic E-state index is 0.0778. The third-order valence-electron chi connectivity index (χ3n) is 3.92. The van der Waals surface area contributed by atoms with Crippen LogP contribution in [0.2, 0.25) is 0 Å². The number of hydrogen-bond acceptors (Lipinski definition) is 3. The molecule has 21 heavy (non-hydrogen) atoms. The van der Waals surface area contributed by atoms with Crippen LogP contribution in [0.25, 0.3) is 10.9 Å². The molecule has 1 aromatic heterocycles. The summed E-state index contributed by atoms with van der Waals surface area (Å²) in [6.07, 6.45) is 3.45. The average molecular weight is 283 g/mol. The zero-order valence-corrected chi connectivity index (χ0v) is 12.4. The molecule has 0 spiro atoms. The molecule has 110 valence electrons. The van der Waals surface area contributed by atoms with Gasteiger partial charge in [0.2, 0.25) is 0 Å². The van der Waals surface area contributed by atoms with E-state index >= 15 is 0 Å². The molecule has 1 aromatic carbocycles. The van der Waals surface area contributed by atoms with Gasteiger partial charge >= 0.3 is 0 Å². The minimum Gasteiger partial charge on any atom is -0.384 e. The molecule has 0 radical (unpaired) electrons. The molecule has 4 heteroatoms. The largest absolute Gasteiger partial charge is 0.384 e. The number of pyridine rings is 1. The Balaban J connectivity index is 1.98. The van der Waals surface area contributed by atoms with Crippen LogP contribution in [0.1, 0.15) is 36.5 Å². The fourth-order valence-corrected chi connectivity index (χ4v) is 2.70. The van der Waals surface area contributed by atoms with Crippen LogP contribution >= 0.6 is 0 Å². The SMILES string of the molecule is CCCN(CC1CC1)C(=O)c1cc(N)nc2ccccc12. The number of aromatic nitrogens is 1. The number of anilines is 1. The van der Waals surface area contributed by atoms with Crippen molar-refractivity contribution in [2.75, 3.05) is 18.8 Å². The van der Waals surface area contributed by atoms with Crippen molar-refractivity contribution < 1.29 is 4.79 Å². The lowest BCUT2D eigenvalue weighted by atomic mass is 10.1. The zero-order chi connectivity index (χ0) is 14.8. The van der Waals surface area contributed by atoms with Gasteiger partial charge in [0, 0.05) is 18.5 Å². The van der Waals surface area contributed by atoms with Crippen molar-refractivity contribution in [3.63, 3.8) is 0 Å². The van der Waals surface area contributed by atoms with Crippen molar-refractivity contribution in [1.29, 1.82) is 0 Å². The first-order valence-corrected chi connectivity index (χ1v) is 7.63. The summed E-state index contributed by atoms with van der Waals surface area (Å²) in [5, 5.41) is 0.883. The number of rotatable bonds is 5. The van der Waals surface area contributed by atoms with Crippen LogP contribution in [-0.4, -0.2) is 28.9 Å². The van der Waals surface area contributed by atoms with Crippen LogP contribution in [0.5, 0.6) is 0 Å². The van der Waals surface area contributed by atoms with E-state index < -0.39 is 0 Å². The first-order chi connectivity index (χ1) is 10.2. The molecule has 0 unspecified atom stereocenters. The maximum absolute atomic E-state index is 12.9. The standard InChI is InChI=1S/C17H21N3O/c1-2-9-20(11-12-7-8-12)17(21)14-10-16(18)19-15-6-4-3-5-13(14)15/h3-6,10,12H,2,7-9,11H2,1H3,(H2,18,19). The van der Waals surface area contributed by atoms with Crippen LogP contribution in [0, 0.1) is 5.92 Å². The Kier molecular flexibility index (Phi) is 3.78. The quantitative estimate of drug-likeness (QED) is 0.917. The lowest BCUT2D eigenvalue weighted by Crippen LogP contribution is -2.33. The molecule has 3 rings (SSSR count). The lowest BCUT2D eigenvalue weighted by molar-refractivity contribution is 0.0749. The molecule has 1 fully saturated rings. The van der Waals surface area contributed by atoms with Crippen molar-refractivity contribution in [1.82, 2.24) is 9.88 Å². The monoisotopic (exact) mass is 283 g/mol. The van der Waals surface area contributed by atoms with E-state index in [1.807, 2.05) is 29.2 Å². The molecule has 0 saturated heterocycles. The molecule has 1 aliphatic rings. The maximum atomic E-state index is 12.9. The van der Waals surface area contributed by atoms with Crippen molar-refractivity contribution in [2.24, 2.45) is 5.92 Å². The molecule has 0 bridgehead atoms. The zero-order valence-electron chi connectivity index (χ0n) is 12.4. The first-order valence-electron chi connectivity index (χ1n) is 7.63. The Hall–Kier alpha value is -2.10. The third-order valence-corrected chi connectivity index (χ3v) is 3.92. The number of amides is 1. The van der Waals surface area contributed by atoms with Gasteiger partial charge in [-0.3, -0.25) is 4.79 Å². The van der Waals surface area contributed by atoms with Crippen LogP contribution in [0.4, 0.5) is 5.82 Å². The Morgan fingerprint density at radius 2 is 2.14 bits per heavy atom. The summed E-state index contributed by atoms with van der Waals surface area (Å²) < 4.78 is 0. The summed E-state index contributed by atoms with van der Waals surface area (Å²) in [6, 6.07) is 9.39. The minimum atomic E-state index is 0.0778. The van der Waals surface area contributed by atoms with Gasteiger partial charge in [0.25, 0.3) is 5.91 Å². The van der Waals surface area contributed by atoms with Gasteiger partial charge in [-0.2, -0.15) is 0 Å². The summed E-state index contributed by atoms with van der Waals surface area (Å²) in [6.45, 7) is 3.77. The number of carbonyl (C=O) groups excluding carboxylic acids is 1. The van der Waals surface area contributed by atoms with Crippen molar-refractivity contribution >= 4 is 22.6 Å². The summed E-state index contributed by atoms with van der Waals surface area (Å²) in [7, 11) is 0. The highest BCUT2D eigenvalue weighted by Gasteiger charge is 2.27. The maximum Gasteiger partial charge on any atom is 0.254 e. The molecule has 1 amide bonds. The number of fused-ring (bicyclic) bond motifs is 1. The molecular formula is C17H21N3O. The van der Waals surface area contributed by atoms with Crippen LogP contribution in [-0.2, 0) is 0 Å². The van der Waals surface area contributed by atoms with Gasteiger partial charge in [0.05, 0.1) is 11.1 Å². The Labute approximate surface area is 125 Å². The summed E-state index contributed by atoms with van der Waals surface area (Å²) in [5.41, 5.74) is 7.32. The fourth-order valence-electron chi connectivity index (χ4n) is 2.70. The van der Waals surface area contributed by atoms with E-state index in [1.165, 1.54) is 12.8 Å². The molecule has 2 N–H and O–H groups in total. The molecule has 0 aliphatic heterocycles. The number of nitrogens with zero attached hydrogens (tertiary/aromatic N) is 2. The number of para-hydroxylation sites is 1.